The lowest BCUT2D eigenvalue weighted by Crippen LogP contribution is -2.41. The second-order valence-corrected chi connectivity index (χ2v) is 6.00. The van der Waals surface area contributed by atoms with Crippen LogP contribution in [0.15, 0.2) is 0 Å². The Bertz CT molecular complexity index is 474. The van der Waals surface area contributed by atoms with Gasteiger partial charge in [0.05, 0.1) is 12.2 Å². The van der Waals surface area contributed by atoms with E-state index in [1.165, 1.54) is 0 Å². The first-order valence-electron chi connectivity index (χ1n) is 6.39. The lowest BCUT2D eigenvalue weighted by molar-refractivity contribution is -0.138. The zero-order valence-corrected chi connectivity index (χ0v) is 11.4. The topological polar surface area (TPSA) is 56.3 Å². The highest BCUT2D eigenvalue weighted by molar-refractivity contribution is 7.13. The van der Waals surface area contributed by atoms with Crippen molar-refractivity contribution in [2.75, 3.05) is 19.7 Å². The third kappa shape index (κ3) is 2.89. The standard InChI is InChI=1S/C11H14F3N3O2S/c12-11(13,14)8-16-17-9(20-8)19-7-5-10(18-6-7)1-3-15-4-2-10/h7,15H,1-6H2. The van der Waals surface area contributed by atoms with Gasteiger partial charge in [-0.05, 0) is 25.9 Å². The van der Waals surface area contributed by atoms with Gasteiger partial charge < -0.3 is 14.8 Å². The van der Waals surface area contributed by atoms with Crippen LogP contribution in [0.25, 0.3) is 0 Å². The van der Waals surface area contributed by atoms with Crippen LogP contribution in [0.1, 0.15) is 24.3 Å². The fraction of sp³-hybridized carbons (Fsp3) is 0.818. The predicted molar refractivity (Wildman–Crippen MR) is 64.7 cm³/mol. The van der Waals surface area contributed by atoms with Crippen molar-refractivity contribution in [2.24, 2.45) is 0 Å². The first kappa shape index (κ1) is 14.0. The Morgan fingerprint density at radius 2 is 2.05 bits per heavy atom. The number of hydrogen-bond acceptors (Lipinski definition) is 6. The van der Waals surface area contributed by atoms with E-state index in [0.717, 1.165) is 25.9 Å². The molecule has 0 amide bonds. The molecule has 0 saturated carbocycles. The van der Waals surface area contributed by atoms with Crippen LogP contribution >= 0.6 is 11.3 Å². The van der Waals surface area contributed by atoms with E-state index < -0.39 is 11.2 Å². The molecule has 0 radical (unpaired) electrons. The molecule has 2 saturated heterocycles. The SMILES string of the molecule is FC(F)(F)c1nnc(OC2COC3(CCNCC3)C2)s1. The summed E-state index contributed by atoms with van der Waals surface area (Å²) in [4.78, 5) is 0. The zero-order chi connectivity index (χ0) is 14.2. The van der Waals surface area contributed by atoms with Gasteiger partial charge in [0, 0.05) is 6.42 Å². The molecule has 3 heterocycles. The van der Waals surface area contributed by atoms with Gasteiger partial charge in [-0.3, -0.25) is 0 Å². The highest BCUT2D eigenvalue weighted by Gasteiger charge is 2.43. The summed E-state index contributed by atoms with van der Waals surface area (Å²) < 4.78 is 48.6. The van der Waals surface area contributed by atoms with Crippen LogP contribution in [0.2, 0.25) is 0 Å². The summed E-state index contributed by atoms with van der Waals surface area (Å²) in [6, 6.07) is 0. The summed E-state index contributed by atoms with van der Waals surface area (Å²) in [5.74, 6) is 0. The Labute approximate surface area is 117 Å². The van der Waals surface area contributed by atoms with Crippen LogP contribution in [0.3, 0.4) is 0 Å². The van der Waals surface area contributed by atoms with Crippen LogP contribution in [-0.4, -0.2) is 41.6 Å². The van der Waals surface area contributed by atoms with Gasteiger partial charge in [0.15, 0.2) is 0 Å². The van der Waals surface area contributed by atoms with Crippen LogP contribution in [-0.2, 0) is 10.9 Å². The lowest BCUT2D eigenvalue weighted by atomic mass is 9.89. The smallest absolute Gasteiger partial charge is 0.445 e. The fourth-order valence-corrected chi connectivity index (χ4v) is 3.25. The number of nitrogens with one attached hydrogen (secondary N) is 1. The summed E-state index contributed by atoms with van der Waals surface area (Å²) in [5, 5.41) is 8.77. The van der Waals surface area contributed by atoms with E-state index in [-0.39, 0.29) is 16.9 Å². The molecule has 0 aromatic carbocycles. The highest BCUT2D eigenvalue weighted by Crippen LogP contribution is 2.38. The maximum atomic E-state index is 12.4. The molecule has 2 fully saturated rings. The molecule has 1 spiro atoms. The molecule has 9 heteroatoms. The molecule has 0 bridgehead atoms. The third-order valence-corrected chi connectivity index (χ3v) is 4.47. The van der Waals surface area contributed by atoms with E-state index in [1.807, 2.05) is 0 Å². The molecule has 0 aliphatic carbocycles. The van der Waals surface area contributed by atoms with Gasteiger partial charge >= 0.3 is 6.18 Å². The second-order valence-electron chi connectivity index (χ2n) is 5.06. The minimum absolute atomic E-state index is 0.0445. The maximum Gasteiger partial charge on any atom is 0.445 e. The Balaban J connectivity index is 1.60. The average molecular weight is 309 g/mol. The van der Waals surface area contributed by atoms with Gasteiger partial charge in [-0.15, -0.1) is 5.10 Å². The number of hydrogen-bond donors (Lipinski definition) is 1. The minimum Gasteiger partial charge on any atom is -0.463 e. The predicted octanol–water partition coefficient (Wildman–Crippen LogP) is 1.85. The van der Waals surface area contributed by atoms with Crippen LogP contribution in [0, 0.1) is 0 Å². The molecule has 2 aliphatic rings. The summed E-state index contributed by atoms with van der Waals surface area (Å²) in [7, 11) is 0. The Morgan fingerprint density at radius 1 is 1.30 bits per heavy atom. The van der Waals surface area contributed by atoms with Gasteiger partial charge in [-0.2, -0.15) is 13.2 Å². The molecule has 3 rings (SSSR count). The summed E-state index contributed by atoms with van der Waals surface area (Å²) in [6.45, 7) is 2.18. The van der Waals surface area contributed by atoms with Crippen LogP contribution in [0.5, 0.6) is 5.19 Å². The first-order chi connectivity index (χ1) is 9.47. The Kier molecular flexibility index (Phi) is 3.59. The quantitative estimate of drug-likeness (QED) is 0.903. The molecule has 1 N–H and O–H groups in total. The summed E-state index contributed by atoms with van der Waals surface area (Å²) in [5.41, 5.74) is -0.187. The van der Waals surface area contributed by atoms with Crippen molar-refractivity contribution in [1.29, 1.82) is 0 Å². The molecule has 20 heavy (non-hydrogen) atoms. The molecular weight excluding hydrogens is 295 g/mol. The van der Waals surface area contributed by atoms with E-state index in [1.54, 1.807) is 0 Å². The third-order valence-electron chi connectivity index (χ3n) is 3.61. The number of aromatic nitrogens is 2. The molecule has 2 aliphatic heterocycles. The normalized spacial score (nSPS) is 26.1. The number of alkyl halides is 3. The number of halogens is 3. The minimum atomic E-state index is -4.47. The van der Waals surface area contributed by atoms with Crippen LogP contribution in [0.4, 0.5) is 13.2 Å². The van der Waals surface area contributed by atoms with Crippen molar-refractivity contribution in [1.82, 2.24) is 15.5 Å². The molecule has 1 atom stereocenters. The number of nitrogens with zero attached hydrogens (tertiary/aromatic N) is 2. The maximum absolute atomic E-state index is 12.4. The molecule has 1 unspecified atom stereocenters. The van der Waals surface area contributed by atoms with Crippen LogP contribution < -0.4 is 10.1 Å². The molecular formula is C11H14F3N3O2S. The number of ether oxygens (including phenoxy) is 2. The van der Waals surface area contributed by atoms with Gasteiger partial charge in [0.1, 0.15) is 6.10 Å². The average Bonchev–Trinajstić information content (AvgIpc) is 2.99. The van der Waals surface area contributed by atoms with Gasteiger partial charge in [0.2, 0.25) is 5.01 Å². The number of rotatable bonds is 2. The highest BCUT2D eigenvalue weighted by atomic mass is 32.1. The summed E-state index contributed by atoms with van der Waals surface area (Å²) >= 11 is 0.424. The first-order valence-corrected chi connectivity index (χ1v) is 7.21. The number of piperidine rings is 1. The Morgan fingerprint density at radius 3 is 2.70 bits per heavy atom. The van der Waals surface area contributed by atoms with Crippen molar-refractivity contribution >= 4 is 11.3 Å². The van der Waals surface area contributed by atoms with Gasteiger partial charge in [0.25, 0.3) is 5.19 Å². The molecule has 1 aromatic heterocycles. The van der Waals surface area contributed by atoms with Crippen molar-refractivity contribution in [3.63, 3.8) is 0 Å². The molecule has 112 valence electrons. The lowest BCUT2D eigenvalue weighted by Gasteiger charge is -2.32. The van der Waals surface area contributed by atoms with E-state index in [0.29, 0.717) is 24.4 Å². The largest absolute Gasteiger partial charge is 0.463 e. The van der Waals surface area contributed by atoms with E-state index in [4.69, 9.17) is 9.47 Å². The summed E-state index contributed by atoms with van der Waals surface area (Å²) in [6.07, 6.45) is -2.23. The van der Waals surface area contributed by atoms with Gasteiger partial charge in [-0.25, -0.2) is 0 Å². The molecule has 5 nitrogen and oxygen atoms in total. The Hall–Kier alpha value is -0.930. The van der Waals surface area contributed by atoms with E-state index >= 15 is 0 Å². The zero-order valence-electron chi connectivity index (χ0n) is 10.6. The second kappa shape index (κ2) is 5.12. The monoisotopic (exact) mass is 309 g/mol. The van der Waals surface area contributed by atoms with Crippen molar-refractivity contribution in [2.45, 2.75) is 37.1 Å². The van der Waals surface area contributed by atoms with Crippen molar-refractivity contribution in [3.05, 3.63) is 5.01 Å². The van der Waals surface area contributed by atoms with E-state index in [9.17, 15) is 13.2 Å². The van der Waals surface area contributed by atoms with E-state index in [2.05, 4.69) is 15.5 Å². The molecule has 1 aromatic rings. The van der Waals surface area contributed by atoms with Gasteiger partial charge in [-0.1, -0.05) is 16.4 Å². The van der Waals surface area contributed by atoms with Crippen molar-refractivity contribution < 1.29 is 22.6 Å². The fourth-order valence-electron chi connectivity index (χ4n) is 2.62. The van der Waals surface area contributed by atoms with Crippen molar-refractivity contribution in [3.8, 4) is 5.19 Å².